The van der Waals surface area contributed by atoms with Gasteiger partial charge in [-0.3, -0.25) is 4.79 Å². The lowest BCUT2D eigenvalue weighted by Crippen LogP contribution is -2.39. The zero-order valence-corrected chi connectivity index (χ0v) is 11.5. The Balaban J connectivity index is 1.77. The van der Waals surface area contributed by atoms with Crippen LogP contribution in [0.4, 0.5) is 6.01 Å². The first-order chi connectivity index (χ1) is 9.78. The van der Waals surface area contributed by atoms with Crippen molar-refractivity contribution in [2.45, 2.75) is 19.8 Å². The number of para-hydroxylation sites is 2. The van der Waals surface area contributed by atoms with Crippen molar-refractivity contribution in [2.24, 2.45) is 5.92 Å². The van der Waals surface area contributed by atoms with Crippen LogP contribution in [0.5, 0.6) is 0 Å². The van der Waals surface area contributed by atoms with Gasteiger partial charge in [-0.1, -0.05) is 12.1 Å². The zero-order chi connectivity index (χ0) is 13.9. The summed E-state index contributed by atoms with van der Waals surface area (Å²) in [5, 5.41) is 0. The number of rotatable bonds is 3. The van der Waals surface area contributed by atoms with Gasteiger partial charge in [-0.05, 0) is 31.9 Å². The van der Waals surface area contributed by atoms with Gasteiger partial charge in [0.05, 0.1) is 12.5 Å². The highest BCUT2D eigenvalue weighted by molar-refractivity contribution is 5.75. The predicted octanol–water partition coefficient (Wildman–Crippen LogP) is 2.61. The quantitative estimate of drug-likeness (QED) is 0.805. The standard InChI is InChI=1S/C15H18N2O3/c1-2-19-14(18)11-6-5-9-17(10-11)15-16-12-7-3-4-8-13(12)20-15/h3-4,7-8,11H,2,5-6,9-10H2,1H3/t11-/m1/s1. The fourth-order valence-electron chi connectivity index (χ4n) is 2.60. The summed E-state index contributed by atoms with van der Waals surface area (Å²) in [6.07, 6.45) is 1.82. The minimum absolute atomic E-state index is 0.0845. The molecule has 0 amide bonds. The summed E-state index contributed by atoms with van der Waals surface area (Å²) < 4.78 is 10.9. The number of nitrogens with zero attached hydrogens (tertiary/aromatic N) is 2. The van der Waals surface area contributed by atoms with E-state index in [1.807, 2.05) is 36.1 Å². The number of fused-ring (bicyclic) bond motifs is 1. The van der Waals surface area contributed by atoms with Gasteiger partial charge in [0.15, 0.2) is 5.58 Å². The SMILES string of the molecule is CCOC(=O)[C@@H]1CCCN(c2nc3ccccc3o2)C1. The summed E-state index contributed by atoms with van der Waals surface area (Å²) in [4.78, 5) is 18.4. The smallest absolute Gasteiger partial charge is 0.310 e. The van der Waals surface area contributed by atoms with Crippen LogP contribution in [0.2, 0.25) is 0 Å². The summed E-state index contributed by atoms with van der Waals surface area (Å²) in [6.45, 7) is 3.74. The third-order valence-corrected chi connectivity index (χ3v) is 3.59. The summed E-state index contributed by atoms with van der Waals surface area (Å²) >= 11 is 0. The first-order valence-electron chi connectivity index (χ1n) is 7.05. The van der Waals surface area contributed by atoms with Crippen molar-refractivity contribution in [2.75, 3.05) is 24.6 Å². The highest BCUT2D eigenvalue weighted by atomic mass is 16.5. The zero-order valence-electron chi connectivity index (χ0n) is 11.5. The Morgan fingerprint density at radius 3 is 3.15 bits per heavy atom. The van der Waals surface area contributed by atoms with Gasteiger partial charge in [-0.25, -0.2) is 0 Å². The molecule has 0 saturated carbocycles. The Morgan fingerprint density at radius 1 is 1.50 bits per heavy atom. The maximum Gasteiger partial charge on any atom is 0.310 e. The molecule has 1 aliphatic heterocycles. The van der Waals surface area contributed by atoms with Gasteiger partial charge in [0.25, 0.3) is 6.01 Å². The largest absolute Gasteiger partial charge is 0.466 e. The van der Waals surface area contributed by atoms with Gasteiger partial charge in [-0.15, -0.1) is 0 Å². The molecule has 0 bridgehead atoms. The van der Waals surface area contributed by atoms with E-state index in [2.05, 4.69) is 4.98 Å². The van der Waals surface area contributed by atoms with E-state index in [-0.39, 0.29) is 11.9 Å². The first kappa shape index (κ1) is 13.0. The molecular formula is C15H18N2O3. The number of carbonyl (C=O) groups excluding carboxylic acids is 1. The average molecular weight is 274 g/mol. The van der Waals surface area contributed by atoms with Crippen molar-refractivity contribution in [1.29, 1.82) is 0 Å². The topological polar surface area (TPSA) is 55.6 Å². The van der Waals surface area contributed by atoms with E-state index in [0.29, 0.717) is 19.2 Å². The Hall–Kier alpha value is -2.04. The number of benzene rings is 1. The van der Waals surface area contributed by atoms with Crippen molar-refractivity contribution < 1.29 is 13.9 Å². The number of hydrogen-bond acceptors (Lipinski definition) is 5. The molecular weight excluding hydrogens is 256 g/mol. The van der Waals surface area contributed by atoms with Crippen molar-refractivity contribution in [3.8, 4) is 0 Å². The molecule has 0 aliphatic carbocycles. The third-order valence-electron chi connectivity index (χ3n) is 3.59. The molecule has 2 heterocycles. The molecule has 1 fully saturated rings. The number of piperidine rings is 1. The fourth-order valence-corrected chi connectivity index (χ4v) is 2.60. The van der Waals surface area contributed by atoms with Crippen LogP contribution in [-0.4, -0.2) is 30.6 Å². The molecule has 0 N–H and O–H groups in total. The van der Waals surface area contributed by atoms with Crippen LogP contribution in [-0.2, 0) is 9.53 Å². The molecule has 1 aliphatic rings. The van der Waals surface area contributed by atoms with Crippen LogP contribution >= 0.6 is 0 Å². The number of esters is 1. The Kier molecular flexibility index (Phi) is 3.58. The van der Waals surface area contributed by atoms with E-state index in [1.165, 1.54) is 0 Å². The summed E-state index contributed by atoms with van der Waals surface area (Å²) in [5.74, 6) is -0.202. The van der Waals surface area contributed by atoms with Gasteiger partial charge in [-0.2, -0.15) is 4.98 Å². The second-order valence-electron chi connectivity index (χ2n) is 5.00. The number of ether oxygens (including phenoxy) is 1. The van der Waals surface area contributed by atoms with Crippen molar-refractivity contribution in [3.05, 3.63) is 24.3 Å². The molecule has 106 valence electrons. The van der Waals surface area contributed by atoms with E-state index < -0.39 is 0 Å². The fraction of sp³-hybridized carbons (Fsp3) is 0.467. The van der Waals surface area contributed by atoms with Crippen molar-refractivity contribution in [1.82, 2.24) is 4.98 Å². The molecule has 1 saturated heterocycles. The minimum Gasteiger partial charge on any atom is -0.466 e. The molecule has 1 atom stereocenters. The van der Waals surface area contributed by atoms with Gasteiger partial charge in [0, 0.05) is 13.1 Å². The maximum atomic E-state index is 11.8. The van der Waals surface area contributed by atoms with Crippen LogP contribution in [0.1, 0.15) is 19.8 Å². The molecule has 5 heteroatoms. The van der Waals surface area contributed by atoms with Gasteiger partial charge < -0.3 is 14.1 Å². The van der Waals surface area contributed by atoms with Crippen LogP contribution in [0.25, 0.3) is 11.1 Å². The molecule has 1 aromatic heterocycles. The maximum absolute atomic E-state index is 11.8. The highest BCUT2D eigenvalue weighted by Crippen LogP contribution is 2.26. The van der Waals surface area contributed by atoms with E-state index in [0.717, 1.165) is 30.5 Å². The third kappa shape index (κ3) is 2.48. The molecule has 1 aromatic carbocycles. The van der Waals surface area contributed by atoms with E-state index >= 15 is 0 Å². The number of oxazole rings is 1. The highest BCUT2D eigenvalue weighted by Gasteiger charge is 2.29. The van der Waals surface area contributed by atoms with E-state index in [9.17, 15) is 4.79 Å². The number of carbonyl (C=O) groups is 1. The summed E-state index contributed by atoms with van der Waals surface area (Å²) in [6, 6.07) is 8.29. The molecule has 0 unspecified atom stereocenters. The predicted molar refractivity (Wildman–Crippen MR) is 75.6 cm³/mol. The molecule has 3 rings (SSSR count). The lowest BCUT2D eigenvalue weighted by molar-refractivity contribution is -0.148. The number of aromatic nitrogens is 1. The Bertz CT molecular complexity index is 575. The summed E-state index contributed by atoms with van der Waals surface area (Å²) in [5.41, 5.74) is 1.63. The molecule has 0 radical (unpaired) electrons. The van der Waals surface area contributed by atoms with Crippen molar-refractivity contribution >= 4 is 23.1 Å². The molecule has 5 nitrogen and oxygen atoms in total. The van der Waals surface area contributed by atoms with Gasteiger partial charge >= 0.3 is 5.97 Å². The first-order valence-corrected chi connectivity index (χ1v) is 7.05. The summed E-state index contributed by atoms with van der Waals surface area (Å²) in [7, 11) is 0. The van der Waals surface area contributed by atoms with Crippen LogP contribution in [0, 0.1) is 5.92 Å². The lowest BCUT2D eigenvalue weighted by atomic mass is 9.99. The minimum atomic E-state index is -0.117. The molecule has 2 aromatic rings. The number of anilines is 1. The van der Waals surface area contributed by atoms with Gasteiger partial charge in [0.1, 0.15) is 5.52 Å². The second kappa shape index (κ2) is 5.53. The second-order valence-corrected chi connectivity index (χ2v) is 5.00. The average Bonchev–Trinajstić information content (AvgIpc) is 2.91. The lowest BCUT2D eigenvalue weighted by Gasteiger charge is -2.30. The molecule has 0 spiro atoms. The monoisotopic (exact) mass is 274 g/mol. The molecule has 20 heavy (non-hydrogen) atoms. The van der Waals surface area contributed by atoms with Crippen LogP contribution in [0.15, 0.2) is 28.7 Å². The van der Waals surface area contributed by atoms with Crippen LogP contribution < -0.4 is 4.90 Å². The van der Waals surface area contributed by atoms with E-state index in [4.69, 9.17) is 9.15 Å². The van der Waals surface area contributed by atoms with Gasteiger partial charge in [0.2, 0.25) is 0 Å². The van der Waals surface area contributed by atoms with Crippen LogP contribution in [0.3, 0.4) is 0 Å². The Morgan fingerprint density at radius 2 is 2.35 bits per heavy atom. The number of hydrogen-bond donors (Lipinski definition) is 0. The normalized spacial score (nSPS) is 19.2. The van der Waals surface area contributed by atoms with Crippen molar-refractivity contribution in [3.63, 3.8) is 0 Å². The Labute approximate surface area is 117 Å². The van der Waals surface area contributed by atoms with E-state index in [1.54, 1.807) is 0 Å².